The molecule has 0 N–H and O–H groups in total. The number of rotatable bonds is 2. The highest BCUT2D eigenvalue weighted by atomic mass is 79.9. The molecule has 1 aliphatic heterocycles. The third kappa shape index (κ3) is 4.12. The summed E-state index contributed by atoms with van der Waals surface area (Å²) in [6.45, 7) is 1.32. The van der Waals surface area contributed by atoms with Crippen molar-refractivity contribution in [1.29, 1.82) is 0 Å². The van der Waals surface area contributed by atoms with E-state index < -0.39 is 9.05 Å². The Labute approximate surface area is 142 Å². The van der Waals surface area contributed by atoms with Crippen LogP contribution in [-0.2, 0) is 9.05 Å². The van der Waals surface area contributed by atoms with Crippen LogP contribution in [0.1, 0.15) is 36.0 Å². The van der Waals surface area contributed by atoms with Crippen LogP contribution in [-0.4, -0.2) is 32.3 Å². The number of halogens is 3. The van der Waals surface area contributed by atoms with Gasteiger partial charge in [0.25, 0.3) is 15.0 Å². The molecular formula is C13H14BrCl2NO3S. The first-order valence-corrected chi connectivity index (χ1v) is 10.0. The topological polar surface area (TPSA) is 54.5 Å². The number of carbonyl (C=O) groups excluding carboxylic acids is 1. The van der Waals surface area contributed by atoms with Crippen LogP contribution in [0.4, 0.5) is 0 Å². The Kier molecular flexibility index (Phi) is 5.57. The van der Waals surface area contributed by atoms with E-state index in [1.165, 1.54) is 12.1 Å². The third-order valence-electron chi connectivity index (χ3n) is 3.41. The summed E-state index contributed by atoms with van der Waals surface area (Å²) < 4.78 is 23.3. The second-order valence-corrected chi connectivity index (χ2v) is 8.70. The minimum absolute atomic E-state index is 0.147. The molecule has 0 unspecified atom stereocenters. The summed E-state index contributed by atoms with van der Waals surface area (Å²) in [5.74, 6) is -0.254. The second-order valence-electron chi connectivity index (χ2n) is 4.91. The van der Waals surface area contributed by atoms with Crippen molar-refractivity contribution >= 4 is 53.2 Å². The van der Waals surface area contributed by atoms with Crippen LogP contribution in [0.3, 0.4) is 0 Å². The Morgan fingerprint density at radius 2 is 1.71 bits per heavy atom. The zero-order valence-electron chi connectivity index (χ0n) is 11.1. The minimum Gasteiger partial charge on any atom is -0.339 e. The first kappa shape index (κ1) is 17.1. The molecule has 0 radical (unpaired) electrons. The van der Waals surface area contributed by atoms with Gasteiger partial charge in [-0.1, -0.05) is 24.4 Å². The number of benzene rings is 1. The van der Waals surface area contributed by atoms with Crippen molar-refractivity contribution in [2.75, 3.05) is 13.1 Å². The summed E-state index contributed by atoms with van der Waals surface area (Å²) in [7, 11) is 1.43. The summed E-state index contributed by atoms with van der Waals surface area (Å²) >= 11 is 9.19. The predicted octanol–water partition coefficient (Wildman–Crippen LogP) is 4.05. The normalized spacial score (nSPS) is 16.6. The monoisotopic (exact) mass is 413 g/mol. The quantitative estimate of drug-likeness (QED) is 0.686. The SMILES string of the molecule is O=C(c1cc(S(=O)(=O)Cl)c(Br)cc1Cl)N1CCCCCC1. The summed E-state index contributed by atoms with van der Waals surface area (Å²) in [6, 6.07) is 2.63. The maximum Gasteiger partial charge on any atom is 0.262 e. The van der Waals surface area contributed by atoms with E-state index in [-0.39, 0.29) is 25.9 Å². The molecule has 0 bridgehead atoms. The van der Waals surface area contributed by atoms with Gasteiger partial charge in [0.15, 0.2) is 0 Å². The van der Waals surface area contributed by atoms with E-state index in [9.17, 15) is 13.2 Å². The number of hydrogen-bond donors (Lipinski definition) is 0. The van der Waals surface area contributed by atoms with Crippen molar-refractivity contribution in [3.8, 4) is 0 Å². The smallest absolute Gasteiger partial charge is 0.262 e. The van der Waals surface area contributed by atoms with Gasteiger partial charge in [0.05, 0.1) is 15.5 Å². The number of amides is 1. The number of carbonyl (C=O) groups is 1. The molecule has 0 atom stereocenters. The van der Waals surface area contributed by atoms with Crippen LogP contribution >= 0.6 is 38.2 Å². The maximum atomic E-state index is 12.6. The molecule has 0 aromatic heterocycles. The highest BCUT2D eigenvalue weighted by Crippen LogP contribution is 2.32. The molecule has 0 aliphatic carbocycles. The van der Waals surface area contributed by atoms with Crippen molar-refractivity contribution in [3.63, 3.8) is 0 Å². The Morgan fingerprint density at radius 3 is 2.24 bits per heavy atom. The van der Waals surface area contributed by atoms with Crippen LogP contribution < -0.4 is 0 Å². The van der Waals surface area contributed by atoms with Crippen molar-refractivity contribution in [2.45, 2.75) is 30.6 Å². The summed E-state index contributed by atoms with van der Waals surface area (Å²) in [4.78, 5) is 14.1. The molecule has 1 saturated heterocycles. The number of hydrogen-bond acceptors (Lipinski definition) is 3. The molecule has 1 amide bonds. The van der Waals surface area contributed by atoms with Crippen LogP contribution in [0.5, 0.6) is 0 Å². The molecule has 4 nitrogen and oxygen atoms in total. The molecule has 1 aromatic carbocycles. The fourth-order valence-electron chi connectivity index (χ4n) is 2.32. The Morgan fingerprint density at radius 1 is 1.14 bits per heavy atom. The molecule has 2 rings (SSSR count). The van der Waals surface area contributed by atoms with Gasteiger partial charge in [-0.05, 0) is 40.9 Å². The van der Waals surface area contributed by atoms with Gasteiger partial charge < -0.3 is 4.90 Å². The Balaban J connectivity index is 2.40. The molecule has 116 valence electrons. The first-order chi connectivity index (χ1) is 9.80. The molecule has 8 heteroatoms. The van der Waals surface area contributed by atoms with Crippen LogP contribution in [0.2, 0.25) is 5.02 Å². The van der Waals surface area contributed by atoms with E-state index in [2.05, 4.69) is 15.9 Å². The molecule has 0 spiro atoms. The Bertz CT molecular complexity index is 656. The van der Waals surface area contributed by atoms with Gasteiger partial charge in [0, 0.05) is 28.2 Å². The molecule has 21 heavy (non-hydrogen) atoms. The van der Waals surface area contributed by atoms with Gasteiger partial charge in [0.1, 0.15) is 0 Å². The molecule has 1 fully saturated rings. The average molecular weight is 415 g/mol. The summed E-state index contributed by atoms with van der Waals surface area (Å²) in [6.07, 6.45) is 4.08. The lowest BCUT2D eigenvalue weighted by Crippen LogP contribution is -2.32. The average Bonchev–Trinajstić information content (AvgIpc) is 2.65. The fraction of sp³-hybridized carbons (Fsp3) is 0.462. The van der Waals surface area contributed by atoms with Gasteiger partial charge in [-0.15, -0.1) is 0 Å². The fourth-order valence-corrected chi connectivity index (χ4v) is 4.90. The lowest BCUT2D eigenvalue weighted by molar-refractivity contribution is 0.0761. The van der Waals surface area contributed by atoms with Crippen molar-refractivity contribution in [3.05, 3.63) is 27.2 Å². The second kappa shape index (κ2) is 6.86. The van der Waals surface area contributed by atoms with Gasteiger partial charge in [-0.2, -0.15) is 0 Å². The van der Waals surface area contributed by atoms with Crippen LogP contribution in [0.15, 0.2) is 21.5 Å². The van der Waals surface area contributed by atoms with Gasteiger partial charge in [-0.25, -0.2) is 8.42 Å². The predicted molar refractivity (Wildman–Crippen MR) is 86.6 cm³/mol. The van der Waals surface area contributed by atoms with Gasteiger partial charge in [-0.3, -0.25) is 4.79 Å². The van der Waals surface area contributed by atoms with E-state index in [0.29, 0.717) is 13.1 Å². The highest BCUT2D eigenvalue weighted by molar-refractivity contribution is 9.10. The van der Waals surface area contributed by atoms with Crippen molar-refractivity contribution in [1.82, 2.24) is 4.90 Å². The van der Waals surface area contributed by atoms with Crippen molar-refractivity contribution in [2.24, 2.45) is 0 Å². The van der Waals surface area contributed by atoms with Gasteiger partial charge in [0.2, 0.25) is 0 Å². The van der Waals surface area contributed by atoms with E-state index in [0.717, 1.165) is 25.7 Å². The molecular weight excluding hydrogens is 401 g/mol. The minimum atomic E-state index is -3.95. The maximum absolute atomic E-state index is 12.6. The standard InChI is InChI=1S/C13H14BrCl2NO3S/c14-10-8-11(15)9(7-12(10)21(16,19)20)13(18)17-5-3-1-2-4-6-17/h7-8H,1-6H2. The number of nitrogens with zero attached hydrogens (tertiary/aromatic N) is 1. The third-order valence-corrected chi connectivity index (χ3v) is 6.00. The molecule has 0 saturated carbocycles. The van der Waals surface area contributed by atoms with Crippen molar-refractivity contribution < 1.29 is 13.2 Å². The largest absolute Gasteiger partial charge is 0.339 e. The first-order valence-electron chi connectivity index (χ1n) is 6.53. The van der Waals surface area contributed by atoms with E-state index >= 15 is 0 Å². The zero-order chi connectivity index (χ0) is 15.6. The lowest BCUT2D eigenvalue weighted by atomic mass is 10.2. The Hall–Kier alpha value is -0.300. The number of likely N-dealkylation sites (tertiary alicyclic amines) is 1. The van der Waals surface area contributed by atoms with E-state index in [4.69, 9.17) is 22.3 Å². The molecule has 1 heterocycles. The molecule has 1 aliphatic rings. The zero-order valence-corrected chi connectivity index (χ0v) is 15.0. The van der Waals surface area contributed by atoms with E-state index in [1.54, 1.807) is 4.90 Å². The molecule has 1 aromatic rings. The van der Waals surface area contributed by atoms with Gasteiger partial charge >= 0.3 is 0 Å². The summed E-state index contributed by atoms with van der Waals surface area (Å²) in [5.41, 5.74) is 0.168. The van der Waals surface area contributed by atoms with Crippen LogP contribution in [0, 0.1) is 0 Å². The lowest BCUT2D eigenvalue weighted by Gasteiger charge is -2.21. The van der Waals surface area contributed by atoms with E-state index in [1.807, 2.05) is 0 Å². The van der Waals surface area contributed by atoms with Crippen LogP contribution in [0.25, 0.3) is 0 Å². The summed E-state index contributed by atoms with van der Waals surface area (Å²) in [5, 5.41) is 0.209. The highest BCUT2D eigenvalue weighted by Gasteiger charge is 2.24.